The van der Waals surface area contributed by atoms with Gasteiger partial charge in [0.2, 0.25) is 0 Å². The lowest BCUT2D eigenvalue weighted by Gasteiger charge is -2.05. The van der Waals surface area contributed by atoms with Crippen molar-refractivity contribution in [3.8, 4) is 0 Å². The van der Waals surface area contributed by atoms with Gasteiger partial charge in [0.25, 0.3) is 0 Å². The Morgan fingerprint density at radius 3 is 2.69 bits per heavy atom. The molecule has 0 aliphatic heterocycles. The zero-order chi connectivity index (χ0) is 12.1. The highest BCUT2D eigenvalue weighted by Crippen LogP contribution is 2.28. The van der Waals surface area contributed by atoms with Crippen LogP contribution in [-0.2, 0) is 9.47 Å². The van der Waals surface area contributed by atoms with E-state index in [4.69, 9.17) is 10.6 Å². The van der Waals surface area contributed by atoms with E-state index in [0.717, 1.165) is 11.3 Å². The Bertz CT molecular complexity index is 402. The van der Waals surface area contributed by atoms with Gasteiger partial charge in [-0.25, -0.2) is 15.4 Å². The van der Waals surface area contributed by atoms with Gasteiger partial charge in [0.05, 0.1) is 19.3 Å². The molecule has 0 spiro atoms. The number of hydrazine groups is 1. The molecule has 1 rings (SSSR count). The van der Waals surface area contributed by atoms with Gasteiger partial charge >= 0.3 is 11.9 Å². The first-order chi connectivity index (χ1) is 7.65. The Labute approximate surface area is 96.3 Å². The van der Waals surface area contributed by atoms with Crippen molar-refractivity contribution in [2.75, 3.05) is 19.1 Å². The molecule has 0 aliphatic carbocycles. The molecule has 0 radical (unpaired) electrons. The average Bonchev–Trinajstić information content (AvgIpc) is 2.71. The summed E-state index contributed by atoms with van der Waals surface area (Å²) in [5.41, 5.74) is 2.61. The van der Waals surface area contributed by atoms with E-state index in [1.54, 1.807) is 6.92 Å². The molecule has 1 aromatic heterocycles. The van der Waals surface area contributed by atoms with E-state index in [1.807, 2.05) is 0 Å². The molecule has 0 fully saturated rings. The molecule has 6 nitrogen and oxygen atoms in total. The third-order valence-electron chi connectivity index (χ3n) is 1.81. The van der Waals surface area contributed by atoms with E-state index in [2.05, 4.69) is 10.2 Å². The average molecular weight is 244 g/mol. The molecule has 3 N–H and O–H groups in total. The predicted octanol–water partition coefficient (Wildman–Crippen LogP) is 0.997. The number of nitrogen functional groups attached to an aromatic ring is 1. The van der Waals surface area contributed by atoms with Crippen LogP contribution >= 0.6 is 11.3 Å². The molecule has 7 heteroatoms. The number of nitrogens with one attached hydrogen (secondary N) is 1. The Hall–Kier alpha value is -1.60. The zero-order valence-corrected chi connectivity index (χ0v) is 9.72. The van der Waals surface area contributed by atoms with Crippen LogP contribution in [0, 0.1) is 0 Å². The molecule has 1 aromatic rings. The minimum Gasteiger partial charge on any atom is -0.465 e. The summed E-state index contributed by atoms with van der Waals surface area (Å²) in [6, 6.07) is 0. The van der Waals surface area contributed by atoms with Crippen LogP contribution < -0.4 is 11.3 Å². The molecular formula is C9H12N2O4S. The van der Waals surface area contributed by atoms with Crippen LogP contribution in [0.3, 0.4) is 0 Å². The molecular weight excluding hydrogens is 232 g/mol. The first-order valence-corrected chi connectivity index (χ1v) is 5.37. The number of ether oxygens (including phenoxy) is 2. The summed E-state index contributed by atoms with van der Waals surface area (Å²) in [5, 5.41) is 1.87. The van der Waals surface area contributed by atoms with E-state index < -0.39 is 11.9 Å². The normalized spacial score (nSPS) is 9.69. The molecule has 0 atom stereocenters. The highest BCUT2D eigenvalue weighted by atomic mass is 32.1. The van der Waals surface area contributed by atoms with Crippen LogP contribution in [0.2, 0.25) is 0 Å². The number of hydrogen-bond donors (Lipinski definition) is 2. The molecule has 0 unspecified atom stereocenters. The van der Waals surface area contributed by atoms with Gasteiger partial charge in [-0.2, -0.15) is 0 Å². The van der Waals surface area contributed by atoms with Crippen molar-refractivity contribution < 1.29 is 19.1 Å². The SMILES string of the molecule is CCOC(=O)c1c(C(=O)OC)csc1NN. The maximum absolute atomic E-state index is 11.6. The van der Waals surface area contributed by atoms with Crippen molar-refractivity contribution in [2.24, 2.45) is 5.84 Å². The molecule has 16 heavy (non-hydrogen) atoms. The standard InChI is InChI=1S/C9H12N2O4S/c1-3-15-9(13)6-5(8(12)14-2)4-16-7(6)11-10/h4,11H,3,10H2,1-2H3. The number of carbonyl (C=O) groups is 2. The molecule has 0 amide bonds. The first-order valence-electron chi connectivity index (χ1n) is 4.49. The molecule has 0 aliphatic rings. The quantitative estimate of drug-likeness (QED) is 0.466. The number of esters is 2. The number of anilines is 1. The van der Waals surface area contributed by atoms with Crippen LogP contribution in [0.25, 0.3) is 0 Å². The fourth-order valence-electron chi connectivity index (χ4n) is 1.13. The third kappa shape index (κ3) is 2.31. The van der Waals surface area contributed by atoms with Gasteiger partial charge in [-0.05, 0) is 6.92 Å². The fourth-order valence-corrected chi connectivity index (χ4v) is 1.96. The molecule has 88 valence electrons. The lowest BCUT2D eigenvalue weighted by atomic mass is 10.2. The summed E-state index contributed by atoms with van der Waals surface area (Å²) in [5.74, 6) is 4.04. The molecule has 1 heterocycles. The summed E-state index contributed by atoms with van der Waals surface area (Å²) in [4.78, 5) is 23.0. The topological polar surface area (TPSA) is 90.7 Å². The highest BCUT2D eigenvalue weighted by Gasteiger charge is 2.24. The van der Waals surface area contributed by atoms with E-state index in [9.17, 15) is 9.59 Å². The van der Waals surface area contributed by atoms with Gasteiger partial charge in [0.15, 0.2) is 0 Å². The molecule has 0 bridgehead atoms. The Balaban J connectivity index is 3.15. The van der Waals surface area contributed by atoms with E-state index in [0.29, 0.717) is 5.00 Å². The van der Waals surface area contributed by atoms with Crippen molar-refractivity contribution in [3.05, 3.63) is 16.5 Å². The largest absolute Gasteiger partial charge is 0.465 e. The van der Waals surface area contributed by atoms with Crippen LogP contribution in [0.15, 0.2) is 5.38 Å². The van der Waals surface area contributed by atoms with Gasteiger partial charge < -0.3 is 14.9 Å². The molecule has 0 saturated heterocycles. The lowest BCUT2D eigenvalue weighted by Crippen LogP contribution is -2.15. The monoisotopic (exact) mass is 244 g/mol. The second-order valence-corrected chi connectivity index (χ2v) is 3.59. The minimum atomic E-state index is -0.600. The van der Waals surface area contributed by atoms with E-state index in [1.165, 1.54) is 12.5 Å². The van der Waals surface area contributed by atoms with Crippen molar-refractivity contribution in [1.29, 1.82) is 0 Å². The minimum absolute atomic E-state index is 0.112. The van der Waals surface area contributed by atoms with Gasteiger partial charge in [0, 0.05) is 5.38 Å². The van der Waals surface area contributed by atoms with Gasteiger partial charge in [0.1, 0.15) is 10.6 Å². The number of methoxy groups -OCH3 is 1. The summed E-state index contributed by atoms with van der Waals surface area (Å²) in [6.45, 7) is 1.90. The third-order valence-corrected chi connectivity index (χ3v) is 2.72. The van der Waals surface area contributed by atoms with Crippen LogP contribution in [-0.4, -0.2) is 25.7 Å². The molecule has 0 saturated carbocycles. The number of hydrogen-bond acceptors (Lipinski definition) is 7. The maximum atomic E-state index is 11.6. The maximum Gasteiger partial charge on any atom is 0.342 e. The van der Waals surface area contributed by atoms with E-state index >= 15 is 0 Å². The Kier molecular flexibility index (Phi) is 4.27. The van der Waals surface area contributed by atoms with Crippen LogP contribution in [0.5, 0.6) is 0 Å². The first kappa shape index (κ1) is 12.5. The van der Waals surface area contributed by atoms with E-state index in [-0.39, 0.29) is 17.7 Å². The number of carbonyl (C=O) groups excluding carboxylic acids is 2. The number of nitrogens with two attached hydrogens (primary N) is 1. The lowest BCUT2D eigenvalue weighted by molar-refractivity contribution is 0.0506. The van der Waals surface area contributed by atoms with Crippen molar-refractivity contribution in [1.82, 2.24) is 0 Å². The Morgan fingerprint density at radius 2 is 2.19 bits per heavy atom. The summed E-state index contributed by atoms with van der Waals surface area (Å²) in [6.07, 6.45) is 0. The smallest absolute Gasteiger partial charge is 0.342 e. The molecule has 0 aromatic carbocycles. The second kappa shape index (κ2) is 5.47. The van der Waals surface area contributed by atoms with Crippen LogP contribution in [0.4, 0.5) is 5.00 Å². The number of thiophene rings is 1. The van der Waals surface area contributed by atoms with Gasteiger partial charge in [-0.1, -0.05) is 0 Å². The summed E-state index contributed by atoms with van der Waals surface area (Å²) < 4.78 is 9.38. The number of rotatable bonds is 4. The van der Waals surface area contributed by atoms with Crippen molar-refractivity contribution >= 4 is 28.3 Å². The van der Waals surface area contributed by atoms with Crippen molar-refractivity contribution in [2.45, 2.75) is 6.92 Å². The second-order valence-electron chi connectivity index (χ2n) is 2.71. The summed E-state index contributed by atoms with van der Waals surface area (Å²) in [7, 11) is 1.24. The zero-order valence-electron chi connectivity index (χ0n) is 8.90. The fraction of sp³-hybridized carbons (Fsp3) is 0.333. The summed E-state index contributed by atoms with van der Waals surface area (Å²) >= 11 is 1.14. The predicted molar refractivity (Wildman–Crippen MR) is 59.4 cm³/mol. The van der Waals surface area contributed by atoms with Gasteiger partial charge in [-0.3, -0.25) is 0 Å². The Morgan fingerprint density at radius 1 is 1.50 bits per heavy atom. The highest BCUT2D eigenvalue weighted by molar-refractivity contribution is 7.15. The van der Waals surface area contributed by atoms with Gasteiger partial charge in [-0.15, -0.1) is 11.3 Å². The van der Waals surface area contributed by atoms with Crippen LogP contribution in [0.1, 0.15) is 27.6 Å². The van der Waals surface area contributed by atoms with Crippen molar-refractivity contribution in [3.63, 3.8) is 0 Å².